The van der Waals surface area contributed by atoms with Gasteiger partial charge in [-0.15, -0.1) is 0 Å². The van der Waals surface area contributed by atoms with Crippen molar-refractivity contribution in [1.29, 1.82) is 0 Å². The minimum absolute atomic E-state index is 0.236. The van der Waals surface area contributed by atoms with Crippen molar-refractivity contribution in [3.63, 3.8) is 0 Å². The van der Waals surface area contributed by atoms with Gasteiger partial charge in [0.1, 0.15) is 18.1 Å². The van der Waals surface area contributed by atoms with Gasteiger partial charge in [0.2, 0.25) is 5.88 Å². The Hall–Kier alpha value is -3.45. The van der Waals surface area contributed by atoms with Crippen LogP contribution >= 0.6 is 0 Å². The highest BCUT2D eigenvalue weighted by molar-refractivity contribution is 5.96. The SMILES string of the molecule is COCCOc1ccc(CNC(=O)c2ccccc2Oc2cccnc2)cn1. The topological polar surface area (TPSA) is 82.6 Å². The summed E-state index contributed by atoms with van der Waals surface area (Å²) in [5, 5.41) is 2.88. The summed E-state index contributed by atoms with van der Waals surface area (Å²) in [6.07, 6.45) is 4.92. The van der Waals surface area contributed by atoms with E-state index in [-0.39, 0.29) is 5.91 Å². The van der Waals surface area contributed by atoms with Crippen molar-refractivity contribution in [3.8, 4) is 17.4 Å². The van der Waals surface area contributed by atoms with Crippen molar-refractivity contribution < 1.29 is 19.0 Å². The van der Waals surface area contributed by atoms with Gasteiger partial charge < -0.3 is 19.5 Å². The van der Waals surface area contributed by atoms with E-state index >= 15 is 0 Å². The average molecular weight is 379 g/mol. The fraction of sp³-hybridized carbons (Fsp3) is 0.190. The number of benzene rings is 1. The van der Waals surface area contributed by atoms with E-state index in [9.17, 15) is 4.79 Å². The summed E-state index contributed by atoms with van der Waals surface area (Å²) in [6, 6.07) is 14.2. The van der Waals surface area contributed by atoms with Crippen LogP contribution in [0.1, 0.15) is 15.9 Å². The number of pyridine rings is 2. The maximum atomic E-state index is 12.6. The second-order valence-electron chi connectivity index (χ2n) is 5.82. The zero-order valence-corrected chi connectivity index (χ0v) is 15.5. The Balaban J connectivity index is 1.59. The summed E-state index contributed by atoms with van der Waals surface area (Å²) in [7, 11) is 1.61. The van der Waals surface area contributed by atoms with Crippen LogP contribution in [-0.2, 0) is 11.3 Å². The molecule has 0 aliphatic heterocycles. The predicted molar refractivity (Wildman–Crippen MR) is 104 cm³/mol. The van der Waals surface area contributed by atoms with Crippen molar-refractivity contribution in [2.24, 2.45) is 0 Å². The number of nitrogens with one attached hydrogen (secondary N) is 1. The molecule has 1 aromatic carbocycles. The van der Waals surface area contributed by atoms with Crippen LogP contribution in [0.2, 0.25) is 0 Å². The molecule has 0 saturated heterocycles. The summed E-state index contributed by atoms with van der Waals surface area (Å²) in [6.45, 7) is 1.28. The lowest BCUT2D eigenvalue weighted by Gasteiger charge is -2.11. The van der Waals surface area contributed by atoms with Gasteiger partial charge in [-0.2, -0.15) is 0 Å². The molecule has 2 heterocycles. The van der Waals surface area contributed by atoms with Crippen molar-refractivity contribution in [1.82, 2.24) is 15.3 Å². The molecule has 0 aliphatic carbocycles. The fourth-order valence-electron chi connectivity index (χ4n) is 2.39. The summed E-state index contributed by atoms with van der Waals surface area (Å²) >= 11 is 0. The Morgan fingerprint density at radius 2 is 1.93 bits per heavy atom. The average Bonchev–Trinajstić information content (AvgIpc) is 2.74. The summed E-state index contributed by atoms with van der Waals surface area (Å²) in [5.41, 5.74) is 1.30. The number of ether oxygens (including phenoxy) is 3. The third kappa shape index (κ3) is 5.52. The van der Waals surface area contributed by atoms with Crippen LogP contribution in [0.3, 0.4) is 0 Å². The number of hydrogen-bond donors (Lipinski definition) is 1. The zero-order chi connectivity index (χ0) is 19.6. The minimum Gasteiger partial charge on any atom is -0.475 e. The number of nitrogens with zero attached hydrogens (tertiary/aromatic N) is 2. The Morgan fingerprint density at radius 3 is 2.68 bits per heavy atom. The lowest BCUT2D eigenvalue weighted by molar-refractivity contribution is 0.0948. The zero-order valence-electron chi connectivity index (χ0n) is 15.5. The smallest absolute Gasteiger partial charge is 0.255 e. The maximum Gasteiger partial charge on any atom is 0.255 e. The molecule has 0 fully saturated rings. The van der Waals surface area contributed by atoms with E-state index < -0.39 is 0 Å². The van der Waals surface area contributed by atoms with Crippen LogP contribution in [0, 0.1) is 0 Å². The normalized spacial score (nSPS) is 10.3. The number of methoxy groups -OCH3 is 1. The van der Waals surface area contributed by atoms with Gasteiger partial charge in [0.25, 0.3) is 5.91 Å². The van der Waals surface area contributed by atoms with Gasteiger partial charge in [0.05, 0.1) is 18.4 Å². The Bertz CT molecular complexity index is 886. The van der Waals surface area contributed by atoms with E-state index in [0.717, 1.165) is 5.56 Å². The molecule has 2 aromatic heterocycles. The number of rotatable bonds is 9. The first kappa shape index (κ1) is 19.3. The van der Waals surface area contributed by atoms with Crippen molar-refractivity contribution in [3.05, 3.63) is 78.2 Å². The minimum atomic E-state index is -0.236. The molecule has 28 heavy (non-hydrogen) atoms. The molecule has 0 spiro atoms. The third-order valence-electron chi connectivity index (χ3n) is 3.78. The van der Waals surface area contributed by atoms with Gasteiger partial charge in [-0.1, -0.05) is 18.2 Å². The Labute approximate surface area is 163 Å². The highest BCUT2D eigenvalue weighted by atomic mass is 16.5. The number of aromatic nitrogens is 2. The molecule has 0 aliphatic rings. The standard InChI is InChI=1S/C21H21N3O4/c1-26-11-12-27-20-9-8-16(13-23-20)14-24-21(25)18-6-2-3-7-19(18)28-17-5-4-10-22-15-17/h2-10,13,15H,11-12,14H2,1H3,(H,24,25). The van der Waals surface area contributed by atoms with E-state index in [4.69, 9.17) is 14.2 Å². The monoisotopic (exact) mass is 379 g/mol. The fourth-order valence-corrected chi connectivity index (χ4v) is 2.39. The first-order valence-electron chi connectivity index (χ1n) is 8.78. The molecule has 144 valence electrons. The van der Waals surface area contributed by atoms with Gasteiger partial charge in [-0.3, -0.25) is 9.78 Å². The molecule has 7 heteroatoms. The van der Waals surface area contributed by atoms with Crippen LogP contribution in [-0.4, -0.2) is 36.2 Å². The second kappa shape index (κ2) is 10.0. The van der Waals surface area contributed by atoms with Crippen molar-refractivity contribution in [2.75, 3.05) is 20.3 Å². The predicted octanol–water partition coefficient (Wildman–Crippen LogP) is 3.22. The van der Waals surface area contributed by atoms with Crippen LogP contribution < -0.4 is 14.8 Å². The number of carbonyl (C=O) groups is 1. The molecule has 0 radical (unpaired) electrons. The Kier molecular flexibility index (Phi) is 6.92. The van der Waals surface area contributed by atoms with Crippen molar-refractivity contribution in [2.45, 2.75) is 6.54 Å². The van der Waals surface area contributed by atoms with Gasteiger partial charge in [-0.05, 0) is 29.8 Å². The molecule has 1 N–H and O–H groups in total. The van der Waals surface area contributed by atoms with E-state index in [1.54, 1.807) is 62.1 Å². The number of hydrogen-bond acceptors (Lipinski definition) is 6. The summed E-state index contributed by atoms with van der Waals surface area (Å²) in [4.78, 5) is 20.8. The molecule has 7 nitrogen and oxygen atoms in total. The molecule has 0 atom stereocenters. The summed E-state index contributed by atoms with van der Waals surface area (Å²) in [5.74, 6) is 1.31. The van der Waals surface area contributed by atoms with Gasteiger partial charge >= 0.3 is 0 Å². The number of para-hydroxylation sites is 1. The highest BCUT2D eigenvalue weighted by Gasteiger charge is 2.12. The van der Waals surface area contributed by atoms with Gasteiger partial charge in [-0.25, -0.2) is 4.98 Å². The van der Waals surface area contributed by atoms with E-state index in [0.29, 0.717) is 42.7 Å². The van der Waals surface area contributed by atoms with Crippen LogP contribution in [0.25, 0.3) is 0 Å². The van der Waals surface area contributed by atoms with Gasteiger partial charge in [0, 0.05) is 32.1 Å². The maximum absolute atomic E-state index is 12.6. The first-order chi connectivity index (χ1) is 13.8. The highest BCUT2D eigenvalue weighted by Crippen LogP contribution is 2.24. The lowest BCUT2D eigenvalue weighted by Crippen LogP contribution is -2.23. The molecule has 0 unspecified atom stereocenters. The van der Waals surface area contributed by atoms with Crippen LogP contribution in [0.15, 0.2) is 67.1 Å². The van der Waals surface area contributed by atoms with Crippen LogP contribution in [0.5, 0.6) is 17.4 Å². The van der Waals surface area contributed by atoms with Gasteiger partial charge in [0.15, 0.2) is 0 Å². The van der Waals surface area contributed by atoms with Crippen molar-refractivity contribution >= 4 is 5.91 Å². The second-order valence-corrected chi connectivity index (χ2v) is 5.82. The van der Waals surface area contributed by atoms with E-state index in [2.05, 4.69) is 15.3 Å². The molecule has 3 rings (SSSR count). The third-order valence-corrected chi connectivity index (χ3v) is 3.78. The molecule has 0 bridgehead atoms. The summed E-state index contributed by atoms with van der Waals surface area (Å²) < 4.78 is 16.1. The largest absolute Gasteiger partial charge is 0.475 e. The molecular formula is C21H21N3O4. The quantitative estimate of drug-likeness (QED) is 0.575. The number of amides is 1. The van der Waals surface area contributed by atoms with E-state index in [1.807, 2.05) is 12.1 Å². The molecular weight excluding hydrogens is 358 g/mol. The Morgan fingerprint density at radius 1 is 1.04 bits per heavy atom. The van der Waals surface area contributed by atoms with Crippen LogP contribution in [0.4, 0.5) is 0 Å². The lowest BCUT2D eigenvalue weighted by atomic mass is 10.2. The first-order valence-corrected chi connectivity index (χ1v) is 8.78. The van der Waals surface area contributed by atoms with E-state index in [1.165, 1.54) is 0 Å². The molecule has 1 amide bonds. The number of carbonyl (C=O) groups excluding carboxylic acids is 1. The molecule has 0 saturated carbocycles. The molecule has 3 aromatic rings.